The minimum atomic E-state index is -5.19. The van der Waals surface area contributed by atoms with Crippen LogP contribution in [0.3, 0.4) is 0 Å². The molecule has 1 aromatic rings. The van der Waals surface area contributed by atoms with Crippen molar-refractivity contribution in [2.75, 3.05) is 0 Å². The average Bonchev–Trinajstić information content (AvgIpc) is 2.17. The van der Waals surface area contributed by atoms with Gasteiger partial charge in [0.05, 0.1) is 3.57 Å². The van der Waals surface area contributed by atoms with Crippen LogP contribution in [0.4, 0.5) is 22.0 Å². The molecule has 0 unspecified atom stereocenters. The van der Waals surface area contributed by atoms with E-state index in [0.717, 1.165) is 0 Å². The summed E-state index contributed by atoms with van der Waals surface area (Å²) in [7, 11) is 0. The molecule has 0 saturated heterocycles. The predicted molar refractivity (Wildman–Crippen MR) is 55.6 cm³/mol. The van der Waals surface area contributed by atoms with Crippen molar-refractivity contribution in [1.29, 1.82) is 0 Å². The summed E-state index contributed by atoms with van der Waals surface area (Å²) >= 11 is 1.30. The van der Waals surface area contributed by atoms with Gasteiger partial charge in [-0.05, 0) is 22.6 Å². The number of carboxylic acids is 1. The second-order valence-electron chi connectivity index (χ2n) is 2.85. The van der Waals surface area contributed by atoms with E-state index in [1.165, 1.54) is 22.6 Å². The van der Waals surface area contributed by atoms with Crippen LogP contribution in [-0.2, 0) is 0 Å². The average molecular weight is 383 g/mol. The van der Waals surface area contributed by atoms with Gasteiger partial charge in [-0.2, -0.15) is 0 Å². The second kappa shape index (κ2) is 5.20. The molecule has 0 aliphatic rings. The Balaban J connectivity index is 3.46. The van der Waals surface area contributed by atoms with E-state index in [2.05, 4.69) is 9.72 Å². The van der Waals surface area contributed by atoms with Crippen molar-refractivity contribution in [3.05, 3.63) is 21.0 Å². The van der Waals surface area contributed by atoms with Crippen molar-refractivity contribution in [2.24, 2.45) is 0 Å². The monoisotopic (exact) mass is 383 g/mol. The first-order valence-electron chi connectivity index (χ1n) is 4.09. The minimum Gasteiger partial charge on any atom is -0.477 e. The molecule has 18 heavy (non-hydrogen) atoms. The van der Waals surface area contributed by atoms with Gasteiger partial charge >= 0.3 is 12.3 Å². The predicted octanol–water partition coefficient (Wildman–Crippen LogP) is 3.22. The molecule has 0 aliphatic carbocycles. The van der Waals surface area contributed by atoms with Gasteiger partial charge in [-0.3, -0.25) is 4.98 Å². The van der Waals surface area contributed by atoms with Gasteiger partial charge in [-0.15, -0.1) is 13.2 Å². The molecular formula is C8H3F5INO3. The smallest absolute Gasteiger partial charge is 0.477 e. The van der Waals surface area contributed by atoms with Crippen LogP contribution in [0.1, 0.15) is 22.5 Å². The van der Waals surface area contributed by atoms with Crippen LogP contribution in [0.25, 0.3) is 0 Å². The number of ether oxygens (including phenoxy) is 1. The van der Waals surface area contributed by atoms with Crippen molar-refractivity contribution in [3.8, 4) is 5.75 Å². The van der Waals surface area contributed by atoms with E-state index < -0.39 is 35.8 Å². The molecule has 0 aliphatic heterocycles. The van der Waals surface area contributed by atoms with E-state index in [1.54, 1.807) is 0 Å². The van der Waals surface area contributed by atoms with E-state index in [1.807, 2.05) is 0 Å². The third-order valence-corrected chi connectivity index (χ3v) is 2.42. The highest BCUT2D eigenvalue weighted by molar-refractivity contribution is 14.1. The Morgan fingerprint density at radius 3 is 2.39 bits per heavy atom. The first-order chi connectivity index (χ1) is 8.13. The molecular weight excluding hydrogens is 380 g/mol. The fraction of sp³-hybridized carbons (Fsp3) is 0.250. The van der Waals surface area contributed by atoms with Crippen molar-refractivity contribution in [2.45, 2.75) is 12.8 Å². The van der Waals surface area contributed by atoms with Gasteiger partial charge in [0.15, 0.2) is 5.75 Å². The lowest BCUT2D eigenvalue weighted by molar-refractivity contribution is -0.275. The number of aromatic carboxylic acids is 1. The van der Waals surface area contributed by atoms with Gasteiger partial charge in [-0.1, -0.05) is 0 Å². The van der Waals surface area contributed by atoms with E-state index >= 15 is 0 Å². The number of pyridine rings is 1. The Morgan fingerprint density at radius 1 is 1.44 bits per heavy atom. The van der Waals surface area contributed by atoms with Crippen LogP contribution in [0.5, 0.6) is 5.75 Å². The van der Waals surface area contributed by atoms with Gasteiger partial charge in [0.25, 0.3) is 6.43 Å². The zero-order valence-corrected chi connectivity index (χ0v) is 10.3. The molecule has 0 aromatic carbocycles. The maximum absolute atomic E-state index is 12.5. The maximum atomic E-state index is 12.5. The summed E-state index contributed by atoms with van der Waals surface area (Å²) in [4.78, 5) is 13.9. The summed E-state index contributed by atoms with van der Waals surface area (Å²) in [5.41, 5.74) is -2.57. The van der Waals surface area contributed by atoms with Gasteiger partial charge in [0.1, 0.15) is 11.3 Å². The molecule has 0 atom stereocenters. The summed E-state index contributed by atoms with van der Waals surface area (Å²) in [5.74, 6) is -3.17. The summed E-state index contributed by atoms with van der Waals surface area (Å²) in [6.45, 7) is 0. The Bertz CT molecular complexity index is 477. The van der Waals surface area contributed by atoms with Crippen LogP contribution < -0.4 is 4.74 Å². The number of hydrogen-bond donors (Lipinski definition) is 1. The van der Waals surface area contributed by atoms with Crippen LogP contribution in [-0.4, -0.2) is 22.4 Å². The Labute approximate surface area is 110 Å². The lowest BCUT2D eigenvalue weighted by Gasteiger charge is -2.14. The molecule has 4 nitrogen and oxygen atoms in total. The molecule has 1 N–H and O–H groups in total. The molecule has 0 spiro atoms. The first kappa shape index (κ1) is 14.9. The van der Waals surface area contributed by atoms with Gasteiger partial charge in [0, 0.05) is 6.20 Å². The third-order valence-electron chi connectivity index (χ3n) is 1.66. The molecule has 100 valence electrons. The molecule has 0 amide bonds. The number of rotatable bonds is 3. The number of carbonyl (C=O) groups is 1. The largest absolute Gasteiger partial charge is 0.573 e. The standard InChI is InChI=1S/C8H3F5INO3/c9-6(10)4-3(7(16)17)5(2(14)1-15-4)18-8(11,12)13/h1,6H,(H,16,17). The number of halogens is 6. The molecule has 10 heteroatoms. The molecule has 1 rings (SSSR count). The van der Waals surface area contributed by atoms with Gasteiger partial charge in [-0.25, -0.2) is 13.6 Å². The van der Waals surface area contributed by atoms with Crippen LogP contribution in [0, 0.1) is 3.57 Å². The highest BCUT2D eigenvalue weighted by Crippen LogP contribution is 2.35. The van der Waals surface area contributed by atoms with Crippen LogP contribution in [0.2, 0.25) is 0 Å². The molecule has 0 radical (unpaired) electrons. The summed E-state index contributed by atoms with van der Waals surface area (Å²) in [6.07, 6.45) is -7.84. The summed E-state index contributed by atoms with van der Waals surface area (Å²) in [6, 6.07) is 0. The number of nitrogens with zero attached hydrogens (tertiary/aromatic N) is 1. The van der Waals surface area contributed by atoms with Gasteiger partial charge in [0.2, 0.25) is 0 Å². The Morgan fingerprint density at radius 2 is 2.00 bits per heavy atom. The first-order valence-corrected chi connectivity index (χ1v) is 5.17. The zero-order chi connectivity index (χ0) is 14.1. The van der Waals surface area contributed by atoms with Gasteiger partial charge < -0.3 is 9.84 Å². The molecule has 0 bridgehead atoms. The van der Waals surface area contributed by atoms with Crippen molar-refractivity contribution in [1.82, 2.24) is 4.98 Å². The van der Waals surface area contributed by atoms with E-state index in [-0.39, 0.29) is 3.57 Å². The fourth-order valence-corrected chi connectivity index (χ4v) is 1.59. The lowest BCUT2D eigenvalue weighted by Crippen LogP contribution is -2.21. The summed E-state index contributed by atoms with van der Waals surface area (Å²) in [5, 5.41) is 8.69. The van der Waals surface area contributed by atoms with Crippen molar-refractivity contribution in [3.63, 3.8) is 0 Å². The second-order valence-corrected chi connectivity index (χ2v) is 4.01. The van der Waals surface area contributed by atoms with Crippen molar-refractivity contribution < 1.29 is 36.6 Å². The molecule has 0 saturated carbocycles. The maximum Gasteiger partial charge on any atom is 0.573 e. The molecule has 0 fully saturated rings. The zero-order valence-electron chi connectivity index (χ0n) is 8.13. The molecule has 1 heterocycles. The topological polar surface area (TPSA) is 59.4 Å². The number of hydrogen-bond acceptors (Lipinski definition) is 3. The SMILES string of the molecule is O=C(O)c1c(C(F)F)ncc(I)c1OC(F)(F)F. The quantitative estimate of drug-likeness (QED) is 0.644. The number of aromatic nitrogens is 1. The highest BCUT2D eigenvalue weighted by Gasteiger charge is 2.36. The van der Waals surface area contributed by atoms with Crippen LogP contribution in [0.15, 0.2) is 6.20 Å². The van der Waals surface area contributed by atoms with E-state index in [0.29, 0.717) is 6.20 Å². The lowest BCUT2D eigenvalue weighted by atomic mass is 10.2. The normalized spacial score (nSPS) is 11.7. The number of carboxylic acid groups (broad SMARTS) is 1. The minimum absolute atomic E-state index is 0.341. The highest BCUT2D eigenvalue weighted by atomic mass is 127. The fourth-order valence-electron chi connectivity index (χ4n) is 1.07. The number of alkyl halides is 5. The van der Waals surface area contributed by atoms with E-state index in [9.17, 15) is 26.7 Å². The Kier molecular flexibility index (Phi) is 4.29. The summed E-state index contributed by atoms with van der Waals surface area (Å²) < 4.78 is 64.3. The van der Waals surface area contributed by atoms with Crippen molar-refractivity contribution >= 4 is 28.6 Å². The third kappa shape index (κ3) is 3.40. The Hall–Kier alpha value is -1.20. The van der Waals surface area contributed by atoms with Crippen LogP contribution >= 0.6 is 22.6 Å². The van der Waals surface area contributed by atoms with E-state index in [4.69, 9.17) is 5.11 Å². The molecule has 1 aromatic heterocycles.